The Balaban J connectivity index is 1.99. The van der Waals surface area contributed by atoms with Gasteiger partial charge in [-0.2, -0.15) is 4.31 Å². The normalized spacial score (nSPS) is 17.4. The SMILES string of the molecule is CCNC(=O)CN1CCN(S(=O)(=O)c2ccccc2F)CC1. The largest absolute Gasteiger partial charge is 0.355 e. The molecule has 1 heterocycles. The first-order valence-electron chi connectivity index (χ1n) is 7.19. The Bertz CT molecular complexity index is 628. The lowest BCUT2D eigenvalue weighted by Gasteiger charge is -2.33. The van der Waals surface area contributed by atoms with E-state index < -0.39 is 15.8 Å². The molecule has 1 N–H and O–H groups in total. The number of rotatable bonds is 5. The minimum absolute atomic E-state index is 0.0760. The smallest absolute Gasteiger partial charge is 0.246 e. The van der Waals surface area contributed by atoms with Crippen LogP contribution >= 0.6 is 0 Å². The van der Waals surface area contributed by atoms with Crippen molar-refractivity contribution in [1.82, 2.24) is 14.5 Å². The van der Waals surface area contributed by atoms with Crippen LogP contribution < -0.4 is 5.32 Å². The molecule has 0 saturated carbocycles. The van der Waals surface area contributed by atoms with Crippen molar-refractivity contribution in [3.05, 3.63) is 30.1 Å². The summed E-state index contributed by atoms with van der Waals surface area (Å²) in [6.07, 6.45) is 0. The predicted octanol–water partition coefficient (Wildman–Crippen LogP) is 0.268. The topological polar surface area (TPSA) is 69.7 Å². The zero-order valence-corrected chi connectivity index (χ0v) is 13.3. The third-order valence-electron chi connectivity index (χ3n) is 3.53. The molecule has 1 fully saturated rings. The van der Waals surface area contributed by atoms with Crippen LogP contribution in [0.2, 0.25) is 0 Å². The molecule has 0 aliphatic carbocycles. The fourth-order valence-corrected chi connectivity index (χ4v) is 3.86. The van der Waals surface area contributed by atoms with Gasteiger partial charge in [-0.05, 0) is 19.1 Å². The number of hydrogen-bond acceptors (Lipinski definition) is 4. The number of carbonyl (C=O) groups is 1. The Kier molecular flexibility index (Phi) is 5.49. The summed E-state index contributed by atoms with van der Waals surface area (Å²) in [4.78, 5) is 13.1. The van der Waals surface area contributed by atoms with Gasteiger partial charge in [-0.25, -0.2) is 12.8 Å². The lowest BCUT2D eigenvalue weighted by Crippen LogP contribution is -2.51. The summed E-state index contributed by atoms with van der Waals surface area (Å²) in [5, 5.41) is 2.71. The van der Waals surface area contributed by atoms with Gasteiger partial charge in [0.1, 0.15) is 10.7 Å². The molecular formula is C14H20FN3O3S. The van der Waals surface area contributed by atoms with Crippen LogP contribution in [0.25, 0.3) is 0 Å². The molecule has 1 aromatic rings. The van der Waals surface area contributed by atoms with E-state index in [1.807, 2.05) is 11.8 Å². The van der Waals surface area contributed by atoms with E-state index in [9.17, 15) is 17.6 Å². The van der Waals surface area contributed by atoms with E-state index in [-0.39, 0.29) is 30.4 Å². The third-order valence-corrected chi connectivity index (χ3v) is 5.46. The first-order valence-corrected chi connectivity index (χ1v) is 8.63. The molecule has 0 atom stereocenters. The van der Waals surface area contributed by atoms with Crippen LogP contribution in [0.3, 0.4) is 0 Å². The van der Waals surface area contributed by atoms with Gasteiger partial charge in [0.15, 0.2) is 0 Å². The number of amides is 1. The first kappa shape index (κ1) is 16.9. The summed E-state index contributed by atoms with van der Waals surface area (Å²) in [6, 6.07) is 5.36. The molecule has 22 heavy (non-hydrogen) atoms. The van der Waals surface area contributed by atoms with Gasteiger partial charge >= 0.3 is 0 Å². The third kappa shape index (κ3) is 3.82. The number of carbonyl (C=O) groups excluding carboxylic acids is 1. The number of likely N-dealkylation sites (N-methyl/N-ethyl adjacent to an activating group) is 1. The van der Waals surface area contributed by atoms with E-state index in [0.717, 1.165) is 6.07 Å². The number of benzene rings is 1. The average molecular weight is 329 g/mol. The molecule has 0 bridgehead atoms. The van der Waals surface area contributed by atoms with Crippen molar-refractivity contribution >= 4 is 15.9 Å². The minimum atomic E-state index is -3.82. The number of halogens is 1. The van der Waals surface area contributed by atoms with Gasteiger partial charge in [-0.15, -0.1) is 0 Å². The molecule has 8 heteroatoms. The molecule has 1 saturated heterocycles. The van der Waals surface area contributed by atoms with Gasteiger partial charge in [-0.1, -0.05) is 12.1 Å². The van der Waals surface area contributed by atoms with Crippen molar-refractivity contribution in [3.8, 4) is 0 Å². The maximum absolute atomic E-state index is 13.7. The molecule has 1 aliphatic rings. The highest BCUT2D eigenvalue weighted by atomic mass is 32.2. The molecule has 0 spiro atoms. The molecule has 6 nitrogen and oxygen atoms in total. The van der Waals surface area contributed by atoms with E-state index in [1.54, 1.807) is 0 Å². The number of nitrogens with zero attached hydrogens (tertiary/aromatic N) is 2. The molecule has 1 aromatic carbocycles. The van der Waals surface area contributed by atoms with Crippen molar-refractivity contribution in [3.63, 3.8) is 0 Å². The number of nitrogens with one attached hydrogen (secondary N) is 1. The first-order chi connectivity index (χ1) is 10.4. The fraction of sp³-hybridized carbons (Fsp3) is 0.500. The van der Waals surface area contributed by atoms with Gasteiger partial charge in [0.2, 0.25) is 15.9 Å². The lowest BCUT2D eigenvalue weighted by molar-refractivity contribution is -0.122. The second-order valence-electron chi connectivity index (χ2n) is 5.06. The van der Waals surface area contributed by atoms with Crippen LogP contribution in [0.1, 0.15) is 6.92 Å². The monoisotopic (exact) mass is 329 g/mol. The van der Waals surface area contributed by atoms with Crippen LogP contribution in [0, 0.1) is 5.82 Å². The lowest BCUT2D eigenvalue weighted by atomic mass is 10.3. The highest BCUT2D eigenvalue weighted by molar-refractivity contribution is 7.89. The van der Waals surface area contributed by atoms with Crippen LogP contribution in [-0.2, 0) is 14.8 Å². The zero-order valence-electron chi connectivity index (χ0n) is 12.5. The van der Waals surface area contributed by atoms with Crippen molar-refractivity contribution in [2.75, 3.05) is 39.3 Å². The standard InChI is InChI=1S/C14H20FN3O3S/c1-2-16-14(19)11-17-7-9-18(10-8-17)22(20,21)13-6-4-3-5-12(13)15/h3-6H,2,7-11H2,1H3,(H,16,19). The molecule has 0 aromatic heterocycles. The Labute approximate surface area is 130 Å². The van der Waals surface area contributed by atoms with Gasteiger partial charge in [0.05, 0.1) is 6.54 Å². The van der Waals surface area contributed by atoms with E-state index in [4.69, 9.17) is 0 Å². The second-order valence-corrected chi connectivity index (χ2v) is 6.97. The summed E-state index contributed by atoms with van der Waals surface area (Å²) in [7, 11) is -3.82. The molecule has 0 radical (unpaired) electrons. The summed E-state index contributed by atoms with van der Waals surface area (Å²) in [5.41, 5.74) is 0. The van der Waals surface area contributed by atoms with Crippen LogP contribution in [-0.4, -0.2) is 62.8 Å². The highest BCUT2D eigenvalue weighted by Crippen LogP contribution is 2.20. The molecule has 1 amide bonds. The van der Waals surface area contributed by atoms with E-state index in [0.29, 0.717) is 19.6 Å². The number of hydrogen-bond donors (Lipinski definition) is 1. The van der Waals surface area contributed by atoms with Crippen molar-refractivity contribution in [2.24, 2.45) is 0 Å². The predicted molar refractivity (Wildman–Crippen MR) is 80.3 cm³/mol. The van der Waals surface area contributed by atoms with E-state index in [1.165, 1.54) is 22.5 Å². The van der Waals surface area contributed by atoms with Gasteiger partial charge < -0.3 is 5.32 Å². The van der Waals surface area contributed by atoms with Crippen LogP contribution in [0.4, 0.5) is 4.39 Å². The quantitative estimate of drug-likeness (QED) is 0.842. The van der Waals surface area contributed by atoms with E-state index >= 15 is 0 Å². The zero-order chi connectivity index (χ0) is 16.2. The van der Waals surface area contributed by atoms with E-state index in [2.05, 4.69) is 5.32 Å². The molecule has 2 rings (SSSR count). The summed E-state index contributed by atoms with van der Waals surface area (Å²) < 4.78 is 39.8. The van der Waals surface area contributed by atoms with Crippen LogP contribution in [0.5, 0.6) is 0 Å². The Morgan fingerprint density at radius 1 is 1.23 bits per heavy atom. The maximum Gasteiger partial charge on any atom is 0.246 e. The second kappa shape index (κ2) is 7.17. The molecular weight excluding hydrogens is 309 g/mol. The van der Waals surface area contributed by atoms with Gasteiger partial charge in [0.25, 0.3) is 0 Å². The number of sulfonamides is 1. The average Bonchev–Trinajstić information content (AvgIpc) is 2.48. The van der Waals surface area contributed by atoms with Crippen molar-refractivity contribution in [2.45, 2.75) is 11.8 Å². The summed E-state index contributed by atoms with van der Waals surface area (Å²) in [6.45, 7) is 4.06. The minimum Gasteiger partial charge on any atom is -0.355 e. The Morgan fingerprint density at radius 2 is 1.86 bits per heavy atom. The highest BCUT2D eigenvalue weighted by Gasteiger charge is 2.30. The number of piperazine rings is 1. The molecule has 0 unspecified atom stereocenters. The fourth-order valence-electron chi connectivity index (χ4n) is 2.38. The summed E-state index contributed by atoms with van der Waals surface area (Å²) >= 11 is 0. The van der Waals surface area contributed by atoms with Crippen LogP contribution in [0.15, 0.2) is 29.2 Å². The van der Waals surface area contributed by atoms with Gasteiger partial charge in [0, 0.05) is 32.7 Å². The molecule has 122 valence electrons. The van der Waals surface area contributed by atoms with Gasteiger partial charge in [-0.3, -0.25) is 9.69 Å². The Morgan fingerprint density at radius 3 is 2.45 bits per heavy atom. The Hall–Kier alpha value is -1.51. The summed E-state index contributed by atoms with van der Waals surface area (Å²) in [5.74, 6) is -0.819. The molecule has 1 aliphatic heterocycles. The maximum atomic E-state index is 13.7. The van der Waals surface area contributed by atoms with Crippen molar-refractivity contribution < 1.29 is 17.6 Å². The van der Waals surface area contributed by atoms with Crippen molar-refractivity contribution in [1.29, 1.82) is 0 Å².